The molecule has 0 fully saturated rings. The maximum atomic E-state index is 12.7. The van der Waals surface area contributed by atoms with Crippen molar-refractivity contribution >= 4 is 5.97 Å². The summed E-state index contributed by atoms with van der Waals surface area (Å²) in [6.45, 7) is 1.72. The topological polar surface area (TPSA) is 92.3 Å². The molecule has 9 heteroatoms. The summed E-state index contributed by atoms with van der Waals surface area (Å²) in [7, 11) is 0. The van der Waals surface area contributed by atoms with Crippen molar-refractivity contribution in [2.24, 2.45) is 0 Å². The van der Waals surface area contributed by atoms with E-state index in [-0.39, 0.29) is 22.5 Å². The predicted molar refractivity (Wildman–Crippen MR) is 94.1 cm³/mol. The zero-order valence-electron chi connectivity index (χ0n) is 14.4. The summed E-state index contributed by atoms with van der Waals surface area (Å²) < 4.78 is 42.3. The van der Waals surface area contributed by atoms with Gasteiger partial charge in [-0.3, -0.25) is 4.79 Å². The summed E-state index contributed by atoms with van der Waals surface area (Å²) in [6.07, 6.45) is -3.90. The maximum absolute atomic E-state index is 12.7. The van der Waals surface area contributed by atoms with Gasteiger partial charge in [-0.05, 0) is 30.7 Å². The Morgan fingerprint density at radius 1 is 1.14 bits per heavy atom. The van der Waals surface area contributed by atoms with Crippen molar-refractivity contribution in [3.8, 4) is 28.1 Å². The van der Waals surface area contributed by atoms with Gasteiger partial charge >= 0.3 is 12.3 Å². The van der Waals surface area contributed by atoms with Crippen LogP contribution in [0.25, 0.3) is 22.4 Å². The molecule has 2 N–H and O–H groups in total. The quantitative estimate of drug-likeness (QED) is 0.702. The molecule has 1 aromatic heterocycles. The highest BCUT2D eigenvalue weighted by molar-refractivity contribution is 5.85. The number of H-pyrrole nitrogens is 1. The number of aryl methyl sites for hydroxylation is 1. The number of aromatic nitrogens is 2. The van der Waals surface area contributed by atoms with E-state index in [9.17, 15) is 22.8 Å². The van der Waals surface area contributed by atoms with Gasteiger partial charge in [-0.2, -0.15) is 0 Å². The lowest BCUT2D eigenvalue weighted by atomic mass is 9.99. The molecule has 0 aliphatic heterocycles. The Labute approximate surface area is 156 Å². The Morgan fingerprint density at radius 2 is 1.86 bits per heavy atom. The Bertz CT molecular complexity index is 1110. The second-order valence-corrected chi connectivity index (χ2v) is 5.90. The van der Waals surface area contributed by atoms with Gasteiger partial charge in [-0.1, -0.05) is 29.8 Å². The van der Waals surface area contributed by atoms with Crippen LogP contribution in [0.2, 0.25) is 0 Å². The first-order valence-corrected chi connectivity index (χ1v) is 7.94. The van der Waals surface area contributed by atoms with Crippen molar-refractivity contribution in [3.05, 3.63) is 70.3 Å². The van der Waals surface area contributed by atoms with Crippen LogP contribution < -0.4 is 10.3 Å². The van der Waals surface area contributed by atoms with Crippen LogP contribution in [0.1, 0.15) is 16.1 Å². The lowest BCUT2D eigenvalue weighted by Crippen LogP contribution is -2.17. The number of halogens is 3. The van der Waals surface area contributed by atoms with Crippen molar-refractivity contribution < 1.29 is 27.8 Å². The summed E-state index contributed by atoms with van der Waals surface area (Å²) >= 11 is 0. The second-order valence-electron chi connectivity index (χ2n) is 5.90. The number of carboxylic acid groups (broad SMARTS) is 1. The molecule has 0 saturated carbocycles. The Hall–Kier alpha value is -3.62. The number of aromatic carboxylic acids is 1. The van der Waals surface area contributed by atoms with E-state index >= 15 is 0 Å². The molecule has 0 atom stereocenters. The van der Waals surface area contributed by atoms with Crippen molar-refractivity contribution in [1.82, 2.24) is 9.97 Å². The fourth-order valence-electron chi connectivity index (χ4n) is 2.63. The van der Waals surface area contributed by atoms with E-state index in [2.05, 4.69) is 14.7 Å². The highest BCUT2D eigenvalue weighted by atomic mass is 19.4. The summed E-state index contributed by atoms with van der Waals surface area (Å²) in [4.78, 5) is 29.3. The van der Waals surface area contributed by atoms with E-state index in [0.717, 1.165) is 6.20 Å². The zero-order valence-corrected chi connectivity index (χ0v) is 14.4. The fourth-order valence-corrected chi connectivity index (χ4v) is 2.63. The molecule has 28 heavy (non-hydrogen) atoms. The molecule has 3 rings (SSSR count). The average molecular weight is 390 g/mol. The lowest BCUT2D eigenvalue weighted by Gasteiger charge is -2.14. The molecule has 0 saturated heterocycles. The molecular formula is C19H13F3N2O4. The van der Waals surface area contributed by atoms with Gasteiger partial charge in [0.25, 0.3) is 5.56 Å². The number of hydrogen-bond acceptors (Lipinski definition) is 4. The molecule has 0 aliphatic carbocycles. The summed E-state index contributed by atoms with van der Waals surface area (Å²) in [6, 6.07) is 10.2. The fraction of sp³-hybridized carbons (Fsp3) is 0.105. The smallest absolute Gasteiger partial charge is 0.476 e. The number of ether oxygens (including phenoxy) is 1. The maximum Gasteiger partial charge on any atom is 0.573 e. The zero-order chi connectivity index (χ0) is 20.5. The van der Waals surface area contributed by atoms with Gasteiger partial charge in [0.1, 0.15) is 11.4 Å². The van der Waals surface area contributed by atoms with Crippen LogP contribution in [0.4, 0.5) is 13.2 Å². The summed E-state index contributed by atoms with van der Waals surface area (Å²) in [5.41, 5.74) is 0.329. The van der Waals surface area contributed by atoms with Crippen LogP contribution in [-0.4, -0.2) is 27.4 Å². The third-order valence-corrected chi connectivity index (χ3v) is 3.81. The van der Waals surface area contributed by atoms with Gasteiger partial charge in [0, 0.05) is 17.3 Å². The summed E-state index contributed by atoms with van der Waals surface area (Å²) in [5.74, 6) is -1.72. The minimum atomic E-state index is -4.86. The SMILES string of the molecule is Cc1ccc(OC(F)(F)F)c(-c2cccc(-c3nc(C(=O)O)c[nH]c3=O)c2)c1. The Morgan fingerprint density at radius 3 is 2.54 bits per heavy atom. The van der Waals surface area contributed by atoms with Crippen LogP contribution in [0, 0.1) is 6.92 Å². The molecule has 144 valence electrons. The Kier molecular flexibility index (Phi) is 4.91. The molecule has 1 heterocycles. The average Bonchev–Trinajstić information content (AvgIpc) is 2.62. The molecule has 0 amide bonds. The highest BCUT2D eigenvalue weighted by Crippen LogP contribution is 2.35. The van der Waals surface area contributed by atoms with Crippen LogP contribution in [0.15, 0.2) is 53.5 Å². The van der Waals surface area contributed by atoms with Gasteiger partial charge < -0.3 is 14.8 Å². The van der Waals surface area contributed by atoms with Gasteiger partial charge in [-0.15, -0.1) is 13.2 Å². The molecular weight excluding hydrogens is 377 g/mol. The van der Waals surface area contributed by atoms with E-state index in [1.54, 1.807) is 13.0 Å². The van der Waals surface area contributed by atoms with Gasteiger partial charge in [0.15, 0.2) is 5.69 Å². The monoisotopic (exact) mass is 390 g/mol. The normalized spacial score (nSPS) is 11.3. The van der Waals surface area contributed by atoms with E-state index in [0.29, 0.717) is 11.1 Å². The Balaban J connectivity index is 2.13. The van der Waals surface area contributed by atoms with Crippen LogP contribution in [0.3, 0.4) is 0 Å². The molecule has 0 spiro atoms. The number of hydrogen-bond donors (Lipinski definition) is 2. The van der Waals surface area contributed by atoms with E-state index in [1.807, 2.05) is 0 Å². The highest BCUT2D eigenvalue weighted by Gasteiger charge is 2.32. The van der Waals surface area contributed by atoms with Crippen molar-refractivity contribution in [1.29, 1.82) is 0 Å². The van der Waals surface area contributed by atoms with E-state index in [1.165, 1.54) is 36.4 Å². The number of benzene rings is 2. The minimum absolute atomic E-state index is 0.160. The first-order valence-electron chi connectivity index (χ1n) is 7.94. The third kappa shape index (κ3) is 4.20. The molecule has 3 aromatic rings. The van der Waals surface area contributed by atoms with Crippen molar-refractivity contribution in [2.45, 2.75) is 13.3 Å². The van der Waals surface area contributed by atoms with Crippen LogP contribution in [0.5, 0.6) is 5.75 Å². The number of alkyl halides is 3. The number of aromatic amines is 1. The summed E-state index contributed by atoms with van der Waals surface area (Å²) in [5, 5.41) is 9.05. The number of nitrogens with one attached hydrogen (secondary N) is 1. The van der Waals surface area contributed by atoms with Crippen molar-refractivity contribution in [2.75, 3.05) is 0 Å². The van der Waals surface area contributed by atoms with Crippen molar-refractivity contribution in [3.63, 3.8) is 0 Å². The predicted octanol–water partition coefficient (Wildman–Crippen LogP) is 4.01. The molecule has 0 aliphatic rings. The second kappa shape index (κ2) is 7.18. The molecule has 2 aromatic carbocycles. The molecule has 0 unspecified atom stereocenters. The largest absolute Gasteiger partial charge is 0.573 e. The number of carbonyl (C=O) groups is 1. The first-order chi connectivity index (χ1) is 13.1. The van der Waals surface area contributed by atoms with E-state index in [4.69, 9.17) is 5.11 Å². The van der Waals surface area contributed by atoms with Gasteiger partial charge in [0.2, 0.25) is 0 Å². The molecule has 6 nitrogen and oxygen atoms in total. The minimum Gasteiger partial charge on any atom is -0.476 e. The van der Waals surface area contributed by atoms with Gasteiger partial charge in [-0.25, -0.2) is 9.78 Å². The first kappa shape index (κ1) is 19.2. The third-order valence-electron chi connectivity index (χ3n) is 3.81. The number of rotatable bonds is 4. The standard InChI is InChI=1S/C19H13F3N2O4/c1-10-5-6-15(28-19(20,21)22)13(7-10)11-3-2-4-12(8-11)16-17(25)23-9-14(24-16)18(26)27/h2-9H,1H3,(H,23,25)(H,26,27). The van der Waals surface area contributed by atoms with E-state index < -0.39 is 23.6 Å². The van der Waals surface area contributed by atoms with Gasteiger partial charge in [0.05, 0.1) is 0 Å². The lowest BCUT2D eigenvalue weighted by molar-refractivity contribution is -0.274. The molecule has 0 bridgehead atoms. The van der Waals surface area contributed by atoms with Crippen LogP contribution in [-0.2, 0) is 0 Å². The van der Waals surface area contributed by atoms with Crippen LogP contribution >= 0.6 is 0 Å². The molecule has 0 radical (unpaired) electrons. The number of nitrogens with zero attached hydrogens (tertiary/aromatic N) is 1. The number of carboxylic acids is 1.